The Balaban J connectivity index is 1.38. The summed E-state index contributed by atoms with van der Waals surface area (Å²) in [5.74, 6) is 2.65. The maximum absolute atomic E-state index is 12.9. The summed E-state index contributed by atoms with van der Waals surface area (Å²) in [6.07, 6.45) is 0.665. The first kappa shape index (κ1) is 26.6. The van der Waals surface area contributed by atoms with E-state index in [9.17, 15) is 4.79 Å². The summed E-state index contributed by atoms with van der Waals surface area (Å²) in [7, 11) is 3.21. The molecule has 0 aliphatic carbocycles. The van der Waals surface area contributed by atoms with Crippen LogP contribution >= 0.6 is 0 Å². The quantitative estimate of drug-likeness (QED) is 0.241. The van der Waals surface area contributed by atoms with Crippen LogP contribution < -0.4 is 24.3 Å². The van der Waals surface area contributed by atoms with Gasteiger partial charge in [-0.15, -0.1) is 0 Å². The number of nitrogens with one attached hydrogen (secondary N) is 1. The van der Waals surface area contributed by atoms with E-state index in [1.807, 2.05) is 79.7 Å². The summed E-state index contributed by atoms with van der Waals surface area (Å²) in [6.45, 7) is 3.23. The summed E-state index contributed by atoms with van der Waals surface area (Å²) in [4.78, 5) is 12.9. The molecule has 4 aromatic rings. The largest absolute Gasteiger partial charge is 0.493 e. The molecule has 1 N–H and O–H groups in total. The predicted molar refractivity (Wildman–Crippen MR) is 149 cm³/mol. The molecule has 0 saturated heterocycles. The van der Waals surface area contributed by atoms with Crippen molar-refractivity contribution in [3.63, 3.8) is 0 Å². The fraction of sp³-hybridized carbons (Fsp3) is 0.219. The molecule has 0 unspecified atom stereocenters. The van der Waals surface area contributed by atoms with Crippen LogP contribution in [-0.2, 0) is 13.0 Å². The average Bonchev–Trinajstić information content (AvgIpc) is 2.97. The molecule has 0 fully saturated rings. The highest BCUT2D eigenvalue weighted by molar-refractivity contribution is 5.94. The van der Waals surface area contributed by atoms with Gasteiger partial charge < -0.3 is 24.3 Å². The highest BCUT2D eigenvalue weighted by Gasteiger charge is 2.12. The number of hydrogen-bond acceptors (Lipinski definition) is 5. The molecule has 6 nitrogen and oxygen atoms in total. The van der Waals surface area contributed by atoms with Gasteiger partial charge in [-0.05, 0) is 72.5 Å². The van der Waals surface area contributed by atoms with Crippen molar-refractivity contribution in [3.05, 3.63) is 108 Å². The van der Waals surface area contributed by atoms with Crippen LogP contribution in [0.4, 0.5) is 0 Å². The topological polar surface area (TPSA) is 66.0 Å². The van der Waals surface area contributed by atoms with Crippen LogP contribution in [0, 0.1) is 0 Å². The third-order valence-corrected chi connectivity index (χ3v) is 6.13. The summed E-state index contributed by atoms with van der Waals surface area (Å²) in [5.41, 5.74) is 4.69. The van der Waals surface area contributed by atoms with Gasteiger partial charge in [0.25, 0.3) is 5.91 Å². The van der Waals surface area contributed by atoms with Gasteiger partial charge in [-0.25, -0.2) is 0 Å². The van der Waals surface area contributed by atoms with Crippen molar-refractivity contribution in [1.82, 2.24) is 5.32 Å². The van der Waals surface area contributed by atoms with Gasteiger partial charge in [-0.1, -0.05) is 48.5 Å². The van der Waals surface area contributed by atoms with Crippen LogP contribution in [0.2, 0.25) is 0 Å². The Morgan fingerprint density at radius 2 is 1.45 bits per heavy atom. The van der Waals surface area contributed by atoms with Gasteiger partial charge in [0.1, 0.15) is 18.1 Å². The van der Waals surface area contributed by atoms with E-state index in [0.29, 0.717) is 42.4 Å². The van der Waals surface area contributed by atoms with E-state index in [1.165, 1.54) is 0 Å². The van der Waals surface area contributed by atoms with Gasteiger partial charge in [0.2, 0.25) is 0 Å². The second kappa shape index (κ2) is 13.2. The van der Waals surface area contributed by atoms with Crippen LogP contribution in [-0.4, -0.2) is 33.3 Å². The van der Waals surface area contributed by atoms with Crippen LogP contribution in [0.1, 0.15) is 28.4 Å². The first-order valence-corrected chi connectivity index (χ1v) is 12.6. The molecule has 0 saturated carbocycles. The second-order valence-electron chi connectivity index (χ2n) is 8.63. The SMILES string of the molecule is CCOc1ccc(C(=O)NCCc2ccc(OC)c(OC)c2)cc1COc1ccc(-c2ccccc2)cc1. The normalized spacial score (nSPS) is 10.5. The van der Waals surface area contributed by atoms with Crippen LogP contribution in [0.5, 0.6) is 23.0 Å². The summed E-state index contributed by atoms with van der Waals surface area (Å²) >= 11 is 0. The van der Waals surface area contributed by atoms with Crippen LogP contribution in [0.15, 0.2) is 91.0 Å². The molecular weight excluding hydrogens is 478 g/mol. The van der Waals surface area contributed by atoms with Gasteiger partial charge in [0.15, 0.2) is 11.5 Å². The number of carbonyl (C=O) groups excluding carboxylic acids is 1. The molecule has 0 spiro atoms. The van der Waals surface area contributed by atoms with Crippen molar-refractivity contribution in [2.75, 3.05) is 27.4 Å². The van der Waals surface area contributed by atoms with Crippen molar-refractivity contribution < 1.29 is 23.7 Å². The molecule has 0 bridgehead atoms. The Morgan fingerprint density at radius 3 is 2.16 bits per heavy atom. The van der Waals surface area contributed by atoms with Gasteiger partial charge >= 0.3 is 0 Å². The van der Waals surface area contributed by atoms with Crippen molar-refractivity contribution in [1.29, 1.82) is 0 Å². The zero-order chi connectivity index (χ0) is 26.7. The van der Waals surface area contributed by atoms with E-state index < -0.39 is 0 Å². The monoisotopic (exact) mass is 511 g/mol. The lowest BCUT2D eigenvalue weighted by Gasteiger charge is -2.14. The highest BCUT2D eigenvalue weighted by atomic mass is 16.5. The molecular formula is C32H33NO5. The lowest BCUT2D eigenvalue weighted by atomic mass is 10.1. The molecule has 0 aliphatic rings. The van der Waals surface area contributed by atoms with Gasteiger partial charge in [-0.2, -0.15) is 0 Å². The summed E-state index contributed by atoms with van der Waals surface area (Å²) < 4.78 is 22.5. The number of carbonyl (C=O) groups is 1. The molecule has 38 heavy (non-hydrogen) atoms. The van der Waals surface area contributed by atoms with Crippen molar-refractivity contribution in [3.8, 4) is 34.1 Å². The zero-order valence-electron chi connectivity index (χ0n) is 22.0. The molecule has 1 amide bonds. The van der Waals surface area contributed by atoms with E-state index in [0.717, 1.165) is 28.0 Å². The second-order valence-corrected chi connectivity index (χ2v) is 8.63. The maximum Gasteiger partial charge on any atom is 0.251 e. The molecule has 0 radical (unpaired) electrons. The molecule has 4 rings (SSSR count). The molecule has 6 heteroatoms. The van der Waals surface area contributed by atoms with E-state index in [4.69, 9.17) is 18.9 Å². The molecule has 0 heterocycles. The standard InChI is InChI=1S/C32H33NO5/c1-4-37-29-17-13-26(32(34)33-19-18-23-10-16-30(35-2)31(20-23)36-3)21-27(29)22-38-28-14-11-25(12-15-28)24-8-6-5-7-9-24/h5-17,20-21H,4,18-19,22H2,1-3H3,(H,33,34). The summed E-state index contributed by atoms with van der Waals surface area (Å²) in [6, 6.07) is 29.4. The number of hydrogen-bond donors (Lipinski definition) is 1. The Hall–Kier alpha value is -4.45. The van der Waals surface area contributed by atoms with Gasteiger partial charge in [-0.3, -0.25) is 4.79 Å². The van der Waals surface area contributed by atoms with Crippen LogP contribution in [0.3, 0.4) is 0 Å². The number of benzene rings is 4. The van der Waals surface area contributed by atoms with E-state index >= 15 is 0 Å². The maximum atomic E-state index is 12.9. The zero-order valence-corrected chi connectivity index (χ0v) is 22.0. The summed E-state index contributed by atoms with van der Waals surface area (Å²) in [5, 5.41) is 3.00. The van der Waals surface area contributed by atoms with Gasteiger partial charge in [0, 0.05) is 17.7 Å². The Morgan fingerprint density at radius 1 is 0.737 bits per heavy atom. The van der Waals surface area contributed by atoms with Crippen molar-refractivity contribution in [2.45, 2.75) is 20.0 Å². The Kier molecular flexibility index (Phi) is 9.24. The van der Waals surface area contributed by atoms with Gasteiger partial charge in [0.05, 0.1) is 20.8 Å². The minimum absolute atomic E-state index is 0.151. The fourth-order valence-electron chi connectivity index (χ4n) is 4.12. The molecule has 0 atom stereocenters. The lowest BCUT2D eigenvalue weighted by molar-refractivity contribution is 0.0954. The molecule has 196 valence electrons. The smallest absolute Gasteiger partial charge is 0.251 e. The van der Waals surface area contributed by atoms with E-state index in [1.54, 1.807) is 20.3 Å². The van der Waals surface area contributed by atoms with Crippen LogP contribution in [0.25, 0.3) is 11.1 Å². The molecule has 0 aliphatic heterocycles. The van der Waals surface area contributed by atoms with Crippen molar-refractivity contribution in [2.24, 2.45) is 0 Å². The van der Waals surface area contributed by atoms with E-state index in [2.05, 4.69) is 17.4 Å². The minimum Gasteiger partial charge on any atom is -0.493 e. The third-order valence-electron chi connectivity index (χ3n) is 6.13. The number of methoxy groups -OCH3 is 2. The predicted octanol–water partition coefficient (Wildman–Crippen LogP) is 6.32. The first-order valence-electron chi connectivity index (χ1n) is 12.6. The highest BCUT2D eigenvalue weighted by Crippen LogP contribution is 2.28. The lowest BCUT2D eigenvalue weighted by Crippen LogP contribution is -2.25. The van der Waals surface area contributed by atoms with Crippen molar-refractivity contribution >= 4 is 5.91 Å². The number of ether oxygens (including phenoxy) is 4. The Labute approximate surface area is 224 Å². The molecule has 0 aromatic heterocycles. The number of rotatable bonds is 12. The minimum atomic E-state index is -0.151. The molecule has 4 aromatic carbocycles. The van der Waals surface area contributed by atoms with E-state index in [-0.39, 0.29) is 12.5 Å². The Bertz CT molecular complexity index is 1340. The number of amides is 1. The average molecular weight is 512 g/mol. The first-order chi connectivity index (χ1) is 18.6. The fourth-order valence-corrected chi connectivity index (χ4v) is 4.12. The third kappa shape index (κ3) is 6.85.